The second-order valence-electron chi connectivity index (χ2n) is 6.50. The molecule has 2 aromatic rings. The lowest BCUT2D eigenvalue weighted by Crippen LogP contribution is -2.42. The van der Waals surface area contributed by atoms with E-state index in [1.165, 1.54) is 22.0 Å². The summed E-state index contributed by atoms with van der Waals surface area (Å²) in [5.41, 5.74) is 2.19. The molecule has 0 spiro atoms. The fourth-order valence-electron chi connectivity index (χ4n) is 2.90. The van der Waals surface area contributed by atoms with Crippen molar-refractivity contribution in [2.24, 2.45) is 0 Å². The molecular formula is C19H22FNO3S. The average molecular weight is 363 g/mol. The zero-order valence-corrected chi connectivity index (χ0v) is 15.2. The van der Waals surface area contributed by atoms with E-state index in [9.17, 15) is 12.8 Å². The lowest BCUT2D eigenvalue weighted by molar-refractivity contribution is -0.00256. The van der Waals surface area contributed by atoms with Gasteiger partial charge in [0.05, 0.1) is 17.6 Å². The number of sulfonamides is 1. The van der Waals surface area contributed by atoms with Gasteiger partial charge in [-0.05, 0) is 41.3 Å². The molecule has 0 radical (unpaired) electrons. The molecule has 1 unspecified atom stereocenters. The third-order valence-electron chi connectivity index (χ3n) is 4.46. The summed E-state index contributed by atoms with van der Waals surface area (Å²) in [5, 5.41) is 0. The van der Waals surface area contributed by atoms with Crippen LogP contribution in [0, 0.1) is 5.82 Å². The topological polar surface area (TPSA) is 46.6 Å². The summed E-state index contributed by atoms with van der Waals surface area (Å²) in [5.74, 6) is -0.0132. The number of hydrogen-bond acceptors (Lipinski definition) is 3. The van der Waals surface area contributed by atoms with Crippen molar-refractivity contribution in [3.63, 3.8) is 0 Å². The fourth-order valence-corrected chi connectivity index (χ4v) is 4.32. The smallest absolute Gasteiger partial charge is 0.243 e. The van der Waals surface area contributed by atoms with Crippen LogP contribution in [0.25, 0.3) is 0 Å². The molecule has 1 fully saturated rings. The van der Waals surface area contributed by atoms with Crippen LogP contribution in [0.1, 0.15) is 37.0 Å². The van der Waals surface area contributed by atoms with Crippen molar-refractivity contribution in [1.82, 2.24) is 4.31 Å². The normalized spacial score (nSPS) is 19.3. The maximum absolute atomic E-state index is 13.1. The van der Waals surface area contributed by atoms with E-state index in [4.69, 9.17) is 4.74 Å². The number of halogens is 1. The minimum absolute atomic E-state index is 0.102. The number of hydrogen-bond donors (Lipinski definition) is 0. The molecule has 1 aliphatic heterocycles. The van der Waals surface area contributed by atoms with E-state index in [1.54, 1.807) is 0 Å². The predicted molar refractivity (Wildman–Crippen MR) is 94.4 cm³/mol. The zero-order valence-electron chi connectivity index (χ0n) is 14.4. The largest absolute Gasteiger partial charge is 0.371 e. The van der Waals surface area contributed by atoms with Crippen LogP contribution in [0.15, 0.2) is 53.4 Å². The molecule has 6 heteroatoms. The maximum atomic E-state index is 13.1. The highest BCUT2D eigenvalue weighted by atomic mass is 32.2. The Morgan fingerprint density at radius 2 is 1.72 bits per heavy atom. The molecule has 1 heterocycles. The Morgan fingerprint density at radius 3 is 2.32 bits per heavy atom. The molecule has 0 aliphatic carbocycles. The SMILES string of the molecule is CC(C)c1ccc(C2CN(S(=O)(=O)c3ccc(F)cc3)CCO2)cc1. The molecule has 4 nitrogen and oxygen atoms in total. The Labute approximate surface area is 148 Å². The predicted octanol–water partition coefficient (Wildman–Crippen LogP) is 3.71. The summed E-state index contributed by atoms with van der Waals surface area (Å²) in [6.45, 7) is 5.13. The first kappa shape index (κ1) is 18.0. The Bertz CT molecular complexity index is 817. The van der Waals surface area contributed by atoms with Gasteiger partial charge in [0, 0.05) is 13.1 Å². The van der Waals surface area contributed by atoms with Gasteiger partial charge in [-0.25, -0.2) is 12.8 Å². The minimum Gasteiger partial charge on any atom is -0.371 e. The highest BCUT2D eigenvalue weighted by molar-refractivity contribution is 7.89. The van der Waals surface area contributed by atoms with Crippen LogP contribution >= 0.6 is 0 Å². The number of ether oxygens (including phenoxy) is 1. The summed E-state index contributed by atoms with van der Waals surface area (Å²) >= 11 is 0. The van der Waals surface area contributed by atoms with Crippen molar-refractivity contribution in [2.45, 2.75) is 30.8 Å². The van der Waals surface area contributed by atoms with E-state index >= 15 is 0 Å². The van der Waals surface area contributed by atoms with Crippen LogP contribution in [0.5, 0.6) is 0 Å². The van der Waals surface area contributed by atoms with E-state index in [1.807, 2.05) is 12.1 Å². The number of nitrogens with zero attached hydrogens (tertiary/aromatic N) is 1. The van der Waals surface area contributed by atoms with Gasteiger partial charge >= 0.3 is 0 Å². The van der Waals surface area contributed by atoms with Crippen LogP contribution in [0.4, 0.5) is 4.39 Å². The van der Waals surface area contributed by atoms with Crippen molar-refractivity contribution < 1.29 is 17.5 Å². The molecule has 3 rings (SSSR count). The van der Waals surface area contributed by atoms with Crippen molar-refractivity contribution in [3.05, 3.63) is 65.5 Å². The average Bonchev–Trinajstić information content (AvgIpc) is 2.62. The van der Waals surface area contributed by atoms with Crippen molar-refractivity contribution in [2.75, 3.05) is 19.7 Å². The van der Waals surface area contributed by atoms with Crippen LogP contribution in [0.2, 0.25) is 0 Å². The first-order valence-electron chi connectivity index (χ1n) is 8.35. The van der Waals surface area contributed by atoms with E-state index in [-0.39, 0.29) is 17.5 Å². The van der Waals surface area contributed by atoms with Gasteiger partial charge in [-0.3, -0.25) is 0 Å². The van der Waals surface area contributed by atoms with Gasteiger partial charge < -0.3 is 4.74 Å². The lowest BCUT2D eigenvalue weighted by atomic mass is 10.00. The Morgan fingerprint density at radius 1 is 1.08 bits per heavy atom. The number of benzene rings is 2. The van der Waals surface area contributed by atoms with E-state index in [0.717, 1.165) is 17.7 Å². The van der Waals surface area contributed by atoms with Gasteiger partial charge in [-0.1, -0.05) is 38.1 Å². The maximum Gasteiger partial charge on any atom is 0.243 e. The number of morpholine rings is 1. The van der Waals surface area contributed by atoms with Crippen LogP contribution < -0.4 is 0 Å². The van der Waals surface area contributed by atoms with Gasteiger partial charge in [0.1, 0.15) is 5.82 Å². The molecule has 0 N–H and O–H groups in total. The Hall–Kier alpha value is -1.76. The van der Waals surface area contributed by atoms with E-state index < -0.39 is 15.8 Å². The standard InChI is InChI=1S/C19H22FNO3S/c1-14(2)15-3-5-16(6-4-15)19-13-21(11-12-24-19)25(22,23)18-9-7-17(20)8-10-18/h3-10,14,19H,11-13H2,1-2H3. The lowest BCUT2D eigenvalue weighted by Gasteiger charge is -2.32. The highest BCUT2D eigenvalue weighted by Crippen LogP contribution is 2.27. The quantitative estimate of drug-likeness (QED) is 0.832. The summed E-state index contributed by atoms with van der Waals surface area (Å²) < 4.78 is 45.8. The first-order chi connectivity index (χ1) is 11.9. The molecule has 0 aromatic heterocycles. The molecule has 0 saturated carbocycles. The zero-order chi connectivity index (χ0) is 18.0. The molecule has 1 saturated heterocycles. The summed E-state index contributed by atoms with van der Waals surface area (Å²) in [4.78, 5) is 0.102. The summed E-state index contributed by atoms with van der Waals surface area (Å²) in [6, 6.07) is 13.0. The summed E-state index contributed by atoms with van der Waals surface area (Å²) in [6.07, 6.45) is -0.301. The Kier molecular flexibility index (Phi) is 5.22. The molecule has 1 aliphatic rings. The monoisotopic (exact) mass is 363 g/mol. The van der Waals surface area contributed by atoms with Crippen LogP contribution in [0.3, 0.4) is 0 Å². The molecular weight excluding hydrogens is 341 g/mol. The third-order valence-corrected chi connectivity index (χ3v) is 6.33. The van der Waals surface area contributed by atoms with Crippen molar-refractivity contribution in [1.29, 1.82) is 0 Å². The molecule has 134 valence electrons. The first-order valence-corrected chi connectivity index (χ1v) is 9.79. The van der Waals surface area contributed by atoms with E-state index in [2.05, 4.69) is 26.0 Å². The number of rotatable bonds is 4. The second-order valence-corrected chi connectivity index (χ2v) is 8.44. The molecule has 25 heavy (non-hydrogen) atoms. The van der Waals surface area contributed by atoms with Gasteiger partial charge in [0.15, 0.2) is 0 Å². The highest BCUT2D eigenvalue weighted by Gasteiger charge is 2.31. The molecule has 0 bridgehead atoms. The van der Waals surface area contributed by atoms with Crippen molar-refractivity contribution in [3.8, 4) is 0 Å². The van der Waals surface area contributed by atoms with Crippen LogP contribution in [-0.2, 0) is 14.8 Å². The van der Waals surface area contributed by atoms with Crippen LogP contribution in [-0.4, -0.2) is 32.4 Å². The van der Waals surface area contributed by atoms with Gasteiger partial charge in [-0.15, -0.1) is 0 Å². The molecule has 2 aromatic carbocycles. The molecule has 0 amide bonds. The summed E-state index contributed by atoms with van der Waals surface area (Å²) in [7, 11) is -3.65. The van der Waals surface area contributed by atoms with Gasteiger partial charge in [-0.2, -0.15) is 4.31 Å². The van der Waals surface area contributed by atoms with Gasteiger partial charge in [0.25, 0.3) is 0 Å². The van der Waals surface area contributed by atoms with E-state index in [0.29, 0.717) is 19.1 Å². The third kappa shape index (κ3) is 3.92. The minimum atomic E-state index is -3.65. The molecule has 1 atom stereocenters. The van der Waals surface area contributed by atoms with Crippen molar-refractivity contribution >= 4 is 10.0 Å². The fraction of sp³-hybridized carbons (Fsp3) is 0.368. The van der Waals surface area contributed by atoms with Gasteiger partial charge in [0.2, 0.25) is 10.0 Å². The second kappa shape index (κ2) is 7.23. The Balaban J connectivity index is 1.79.